The van der Waals surface area contributed by atoms with E-state index in [1.807, 2.05) is 0 Å². The maximum Gasteiger partial charge on any atom is 0.306 e. The second-order valence-corrected chi connectivity index (χ2v) is 18.5. The van der Waals surface area contributed by atoms with Gasteiger partial charge in [-0.05, 0) is 83.5 Å². The minimum Gasteiger partial charge on any atom is -0.462 e. The lowest BCUT2D eigenvalue weighted by Crippen LogP contribution is -2.30. The highest BCUT2D eigenvalue weighted by Crippen LogP contribution is 2.16. The molecule has 0 radical (unpaired) electrons. The number of carbonyl (C=O) groups is 3. The molecule has 0 amide bonds. The second kappa shape index (κ2) is 53.7. The lowest BCUT2D eigenvalue weighted by molar-refractivity contribution is -0.167. The smallest absolute Gasteiger partial charge is 0.306 e. The molecule has 1 atom stereocenters. The van der Waals surface area contributed by atoms with Gasteiger partial charge < -0.3 is 14.2 Å². The Kier molecular flexibility index (Phi) is 51.3. The maximum atomic E-state index is 12.8. The first-order valence-electron chi connectivity index (χ1n) is 27.8. The predicted molar refractivity (Wildman–Crippen MR) is 279 cm³/mol. The van der Waals surface area contributed by atoms with Crippen molar-refractivity contribution in [3.8, 4) is 0 Å². The van der Waals surface area contributed by atoms with Crippen LogP contribution in [-0.2, 0) is 28.6 Å². The molecule has 0 aromatic rings. The van der Waals surface area contributed by atoms with E-state index in [0.717, 1.165) is 83.5 Å². The van der Waals surface area contributed by atoms with E-state index in [4.69, 9.17) is 14.2 Å². The zero-order valence-corrected chi connectivity index (χ0v) is 43.0. The molecule has 0 fully saturated rings. The van der Waals surface area contributed by atoms with Crippen LogP contribution in [0, 0.1) is 0 Å². The first-order chi connectivity index (χ1) is 32.0. The van der Waals surface area contributed by atoms with Crippen LogP contribution in [0.3, 0.4) is 0 Å². The van der Waals surface area contributed by atoms with Gasteiger partial charge in [0.2, 0.25) is 0 Å². The van der Waals surface area contributed by atoms with Crippen LogP contribution in [0.2, 0.25) is 0 Å². The molecule has 0 aliphatic heterocycles. The Morgan fingerprint density at radius 1 is 0.323 bits per heavy atom. The van der Waals surface area contributed by atoms with Crippen molar-refractivity contribution in [2.45, 2.75) is 284 Å². The summed E-state index contributed by atoms with van der Waals surface area (Å²) in [7, 11) is 0. The topological polar surface area (TPSA) is 78.9 Å². The van der Waals surface area contributed by atoms with E-state index in [9.17, 15) is 14.4 Å². The van der Waals surface area contributed by atoms with Crippen molar-refractivity contribution >= 4 is 17.9 Å². The van der Waals surface area contributed by atoms with Gasteiger partial charge in [0.1, 0.15) is 13.2 Å². The Morgan fingerprint density at radius 2 is 0.600 bits per heavy atom. The molecule has 6 nitrogen and oxygen atoms in total. The molecule has 0 aliphatic rings. The predicted octanol–water partition coefficient (Wildman–Crippen LogP) is 18.4. The van der Waals surface area contributed by atoms with Crippen LogP contribution < -0.4 is 0 Å². The largest absolute Gasteiger partial charge is 0.462 e. The van der Waals surface area contributed by atoms with Crippen LogP contribution >= 0.6 is 0 Å². The molecule has 0 unspecified atom stereocenters. The number of ether oxygens (including phenoxy) is 3. The average Bonchev–Trinajstić information content (AvgIpc) is 3.30. The summed E-state index contributed by atoms with van der Waals surface area (Å²) in [4.78, 5) is 38.1. The fraction of sp³-hybridized carbons (Fsp3) is 0.780. The van der Waals surface area contributed by atoms with Gasteiger partial charge in [-0.25, -0.2) is 0 Å². The number of hydrogen-bond donors (Lipinski definition) is 0. The quantitative estimate of drug-likeness (QED) is 0.0262. The van der Waals surface area contributed by atoms with Gasteiger partial charge in [0, 0.05) is 19.3 Å². The van der Waals surface area contributed by atoms with E-state index in [1.165, 1.54) is 154 Å². The van der Waals surface area contributed by atoms with Gasteiger partial charge in [0.15, 0.2) is 6.10 Å². The number of esters is 3. The Hall–Kier alpha value is -2.89. The number of rotatable bonds is 50. The number of carbonyl (C=O) groups excluding carboxylic acids is 3. The molecular weight excluding hydrogens is 805 g/mol. The first kappa shape index (κ1) is 62.1. The SMILES string of the molecule is CC/C=C\C/C=C\C/C=C\C/C=C\CCCCC(=O)OC[C@H](COC(=O)CCCCCCCCCCC/C=C\CCCCCCCC)OC(=O)CCCCCCCCCCCCCCC. The van der Waals surface area contributed by atoms with E-state index in [-0.39, 0.29) is 31.1 Å². The fourth-order valence-electron chi connectivity index (χ4n) is 7.84. The molecular formula is C59H104O6. The molecule has 0 N–H and O–H groups in total. The highest BCUT2D eigenvalue weighted by Gasteiger charge is 2.19. The average molecular weight is 909 g/mol. The molecule has 0 aromatic carbocycles. The highest BCUT2D eigenvalue weighted by molar-refractivity contribution is 5.71. The number of hydrogen-bond acceptors (Lipinski definition) is 6. The van der Waals surface area contributed by atoms with Gasteiger partial charge in [0.05, 0.1) is 0 Å². The van der Waals surface area contributed by atoms with Crippen molar-refractivity contribution in [3.05, 3.63) is 60.8 Å². The van der Waals surface area contributed by atoms with Crippen molar-refractivity contribution < 1.29 is 28.6 Å². The maximum absolute atomic E-state index is 12.8. The zero-order valence-electron chi connectivity index (χ0n) is 43.0. The summed E-state index contributed by atoms with van der Waals surface area (Å²) in [6, 6.07) is 0. The normalized spacial score (nSPS) is 12.5. The van der Waals surface area contributed by atoms with Crippen molar-refractivity contribution in [3.63, 3.8) is 0 Å². The summed E-state index contributed by atoms with van der Waals surface area (Å²) >= 11 is 0. The summed E-state index contributed by atoms with van der Waals surface area (Å²) in [6.07, 6.45) is 66.4. The molecule has 0 spiro atoms. The van der Waals surface area contributed by atoms with E-state index in [0.29, 0.717) is 19.3 Å². The lowest BCUT2D eigenvalue weighted by atomic mass is 10.0. The minimum absolute atomic E-state index is 0.0861. The van der Waals surface area contributed by atoms with E-state index < -0.39 is 6.10 Å². The van der Waals surface area contributed by atoms with Gasteiger partial charge >= 0.3 is 17.9 Å². The van der Waals surface area contributed by atoms with Crippen LogP contribution in [0.1, 0.15) is 278 Å². The van der Waals surface area contributed by atoms with E-state index in [1.54, 1.807) is 0 Å². The summed E-state index contributed by atoms with van der Waals surface area (Å²) in [5.74, 6) is -0.922. The molecule has 0 saturated carbocycles. The van der Waals surface area contributed by atoms with Gasteiger partial charge in [-0.2, -0.15) is 0 Å². The van der Waals surface area contributed by atoms with Gasteiger partial charge in [-0.3, -0.25) is 14.4 Å². The number of allylic oxidation sites excluding steroid dienone is 10. The van der Waals surface area contributed by atoms with E-state index in [2.05, 4.69) is 81.5 Å². The van der Waals surface area contributed by atoms with Crippen LogP contribution in [0.5, 0.6) is 0 Å². The fourth-order valence-corrected chi connectivity index (χ4v) is 7.84. The molecule has 0 heterocycles. The summed E-state index contributed by atoms with van der Waals surface area (Å²) in [5, 5.41) is 0. The van der Waals surface area contributed by atoms with Crippen LogP contribution in [0.25, 0.3) is 0 Å². The van der Waals surface area contributed by atoms with Crippen molar-refractivity contribution in [1.29, 1.82) is 0 Å². The highest BCUT2D eigenvalue weighted by atomic mass is 16.6. The van der Waals surface area contributed by atoms with Crippen LogP contribution in [0.15, 0.2) is 60.8 Å². The Labute approximate surface area is 402 Å². The Balaban J connectivity index is 4.38. The van der Waals surface area contributed by atoms with Crippen LogP contribution in [-0.4, -0.2) is 37.2 Å². The Bertz CT molecular complexity index is 1180. The molecule has 0 aliphatic carbocycles. The molecule has 0 rings (SSSR count). The summed E-state index contributed by atoms with van der Waals surface area (Å²) < 4.78 is 16.8. The molecule has 376 valence electrons. The molecule has 6 heteroatoms. The zero-order chi connectivity index (χ0) is 47.2. The summed E-state index contributed by atoms with van der Waals surface area (Å²) in [5.41, 5.74) is 0. The van der Waals surface area contributed by atoms with Crippen LogP contribution in [0.4, 0.5) is 0 Å². The van der Waals surface area contributed by atoms with Crippen molar-refractivity contribution in [2.24, 2.45) is 0 Å². The minimum atomic E-state index is -0.789. The second-order valence-electron chi connectivity index (χ2n) is 18.5. The van der Waals surface area contributed by atoms with Gasteiger partial charge in [-0.15, -0.1) is 0 Å². The van der Waals surface area contributed by atoms with E-state index >= 15 is 0 Å². The molecule has 65 heavy (non-hydrogen) atoms. The number of unbranched alkanes of at least 4 members (excludes halogenated alkanes) is 29. The van der Waals surface area contributed by atoms with Gasteiger partial charge in [-0.1, -0.05) is 236 Å². The third kappa shape index (κ3) is 51.9. The van der Waals surface area contributed by atoms with Gasteiger partial charge in [0.25, 0.3) is 0 Å². The molecule has 0 bridgehead atoms. The lowest BCUT2D eigenvalue weighted by Gasteiger charge is -2.18. The first-order valence-corrected chi connectivity index (χ1v) is 27.8. The third-order valence-corrected chi connectivity index (χ3v) is 12.0. The van der Waals surface area contributed by atoms with Crippen molar-refractivity contribution in [1.82, 2.24) is 0 Å². The molecule has 0 saturated heterocycles. The Morgan fingerprint density at radius 3 is 0.985 bits per heavy atom. The third-order valence-electron chi connectivity index (χ3n) is 12.0. The summed E-state index contributed by atoms with van der Waals surface area (Å²) in [6.45, 7) is 6.50. The molecule has 0 aromatic heterocycles. The standard InChI is InChI=1S/C59H104O6/c1-4-7-10-13-16-19-22-25-27-28-29-30-32-35-37-40-43-46-49-52-58(61)64-55-56(65-59(62)53-50-47-44-41-38-33-24-21-18-15-12-9-6-3)54-63-57(60)51-48-45-42-39-36-34-31-26-23-20-17-14-11-8-5-2/h8,11,17,20,25-27,31,36,39,56H,4-7,9-10,12-16,18-19,21-24,28-30,32-35,37-38,40-55H2,1-3H3/b11-8-,20-17-,27-25-,31-26-,39-36-/t56-/m1/s1. The van der Waals surface area contributed by atoms with Crippen molar-refractivity contribution in [2.75, 3.05) is 13.2 Å². The monoisotopic (exact) mass is 909 g/mol.